The van der Waals surface area contributed by atoms with E-state index in [2.05, 4.69) is 40.7 Å². The standard InChI is InChI=1S/C20H33N3/c1-17(21-10-2-3-12-23-13-4-5-14-23)15-18-8-9-20-19(16-18)7-6-11-22-20/h8-9,16-17,21-22H,2-7,10-15H2,1H3. The number of fused-ring (bicyclic) bond motifs is 1. The van der Waals surface area contributed by atoms with Gasteiger partial charge in [-0.25, -0.2) is 0 Å². The van der Waals surface area contributed by atoms with Crippen LogP contribution in [0.2, 0.25) is 0 Å². The van der Waals surface area contributed by atoms with Crippen molar-refractivity contribution in [2.45, 2.75) is 57.9 Å². The van der Waals surface area contributed by atoms with E-state index in [4.69, 9.17) is 0 Å². The molecule has 1 atom stereocenters. The Labute approximate surface area is 141 Å². The highest BCUT2D eigenvalue weighted by Crippen LogP contribution is 2.23. The molecule has 0 aromatic heterocycles. The molecule has 0 amide bonds. The third kappa shape index (κ3) is 5.22. The van der Waals surface area contributed by atoms with Crippen molar-refractivity contribution in [3.63, 3.8) is 0 Å². The van der Waals surface area contributed by atoms with Gasteiger partial charge >= 0.3 is 0 Å². The number of nitrogens with zero attached hydrogens (tertiary/aromatic N) is 1. The Morgan fingerprint density at radius 1 is 1.17 bits per heavy atom. The number of likely N-dealkylation sites (tertiary alicyclic amines) is 1. The lowest BCUT2D eigenvalue weighted by Crippen LogP contribution is -2.30. The number of unbranched alkanes of at least 4 members (excludes halogenated alkanes) is 1. The molecule has 1 unspecified atom stereocenters. The highest BCUT2D eigenvalue weighted by Gasteiger charge is 2.11. The molecule has 1 aromatic carbocycles. The molecule has 3 heteroatoms. The first kappa shape index (κ1) is 16.8. The number of nitrogens with one attached hydrogen (secondary N) is 2. The number of benzene rings is 1. The predicted octanol–water partition coefficient (Wildman–Crippen LogP) is 3.44. The maximum absolute atomic E-state index is 3.70. The van der Waals surface area contributed by atoms with Gasteiger partial charge < -0.3 is 15.5 Å². The van der Waals surface area contributed by atoms with Crippen LogP contribution in [0.4, 0.5) is 5.69 Å². The normalized spacial score (nSPS) is 19.3. The molecule has 1 saturated heterocycles. The first-order valence-electron chi connectivity index (χ1n) is 9.63. The van der Waals surface area contributed by atoms with Crippen LogP contribution >= 0.6 is 0 Å². The molecule has 128 valence electrons. The smallest absolute Gasteiger partial charge is 0.0372 e. The first-order valence-corrected chi connectivity index (χ1v) is 9.63. The van der Waals surface area contributed by atoms with E-state index >= 15 is 0 Å². The molecule has 23 heavy (non-hydrogen) atoms. The average molecular weight is 316 g/mol. The van der Waals surface area contributed by atoms with Crippen molar-refractivity contribution in [2.75, 3.05) is 38.0 Å². The van der Waals surface area contributed by atoms with E-state index in [-0.39, 0.29) is 0 Å². The fourth-order valence-corrected chi connectivity index (χ4v) is 3.90. The van der Waals surface area contributed by atoms with Crippen molar-refractivity contribution < 1.29 is 0 Å². The second-order valence-electron chi connectivity index (χ2n) is 7.34. The predicted molar refractivity (Wildman–Crippen MR) is 99.3 cm³/mol. The average Bonchev–Trinajstić information content (AvgIpc) is 3.08. The Morgan fingerprint density at radius 3 is 2.91 bits per heavy atom. The molecule has 0 radical (unpaired) electrons. The monoisotopic (exact) mass is 315 g/mol. The minimum absolute atomic E-state index is 0.566. The summed E-state index contributed by atoms with van der Waals surface area (Å²) in [6, 6.07) is 7.54. The van der Waals surface area contributed by atoms with Crippen molar-refractivity contribution in [1.82, 2.24) is 10.2 Å². The molecule has 0 saturated carbocycles. The van der Waals surface area contributed by atoms with Crippen LogP contribution in [0.25, 0.3) is 0 Å². The Kier molecular flexibility index (Phi) is 6.35. The largest absolute Gasteiger partial charge is 0.385 e. The molecule has 2 aliphatic heterocycles. The minimum atomic E-state index is 0.566. The van der Waals surface area contributed by atoms with E-state index in [1.54, 1.807) is 0 Å². The maximum atomic E-state index is 3.70. The van der Waals surface area contributed by atoms with Crippen LogP contribution in [0.1, 0.15) is 50.2 Å². The third-order valence-corrected chi connectivity index (χ3v) is 5.24. The van der Waals surface area contributed by atoms with Gasteiger partial charge in [0.2, 0.25) is 0 Å². The van der Waals surface area contributed by atoms with Crippen LogP contribution in [0, 0.1) is 0 Å². The molecule has 2 heterocycles. The van der Waals surface area contributed by atoms with Crippen molar-refractivity contribution in [2.24, 2.45) is 0 Å². The summed E-state index contributed by atoms with van der Waals surface area (Å²) in [7, 11) is 0. The molecule has 2 aliphatic rings. The van der Waals surface area contributed by atoms with E-state index < -0.39 is 0 Å². The first-order chi connectivity index (χ1) is 11.3. The molecule has 0 spiro atoms. The van der Waals surface area contributed by atoms with Crippen LogP contribution in [0.5, 0.6) is 0 Å². The zero-order chi connectivity index (χ0) is 15.9. The van der Waals surface area contributed by atoms with E-state index in [1.165, 1.54) is 75.0 Å². The molecular formula is C20H33N3. The Bertz CT molecular complexity index is 480. The van der Waals surface area contributed by atoms with E-state index in [1.807, 2.05) is 0 Å². The second-order valence-corrected chi connectivity index (χ2v) is 7.34. The SMILES string of the molecule is CC(Cc1ccc2c(c1)CCCN2)NCCCCN1CCCC1. The minimum Gasteiger partial charge on any atom is -0.385 e. The zero-order valence-electron chi connectivity index (χ0n) is 14.7. The van der Waals surface area contributed by atoms with Gasteiger partial charge in [0.1, 0.15) is 0 Å². The van der Waals surface area contributed by atoms with Gasteiger partial charge in [0.15, 0.2) is 0 Å². The quantitative estimate of drug-likeness (QED) is 0.720. The summed E-state index contributed by atoms with van der Waals surface area (Å²) in [5, 5.41) is 7.20. The fourth-order valence-electron chi connectivity index (χ4n) is 3.90. The highest BCUT2D eigenvalue weighted by atomic mass is 15.1. The summed E-state index contributed by atoms with van der Waals surface area (Å²) < 4.78 is 0. The summed E-state index contributed by atoms with van der Waals surface area (Å²) in [6.07, 6.45) is 9.09. The molecular weight excluding hydrogens is 282 g/mol. The van der Waals surface area contributed by atoms with Crippen molar-refractivity contribution in [3.05, 3.63) is 29.3 Å². The van der Waals surface area contributed by atoms with Gasteiger partial charge in [0.05, 0.1) is 0 Å². The van der Waals surface area contributed by atoms with Gasteiger partial charge in [0.25, 0.3) is 0 Å². The lowest BCUT2D eigenvalue weighted by atomic mass is 9.98. The summed E-state index contributed by atoms with van der Waals surface area (Å²) in [5.74, 6) is 0. The molecule has 1 aromatic rings. The molecule has 1 fully saturated rings. The number of anilines is 1. The lowest BCUT2D eigenvalue weighted by Gasteiger charge is -2.20. The van der Waals surface area contributed by atoms with Gasteiger partial charge in [0, 0.05) is 18.3 Å². The Morgan fingerprint density at radius 2 is 2.04 bits per heavy atom. The van der Waals surface area contributed by atoms with Gasteiger partial charge in [-0.3, -0.25) is 0 Å². The van der Waals surface area contributed by atoms with Gasteiger partial charge in [-0.1, -0.05) is 12.1 Å². The Balaban J connectivity index is 1.33. The van der Waals surface area contributed by atoms with Crippen LogP contribution in [-0.2, 0) is 12.8 Å². The topological polar surface area (TPSA) is 27.3 Å². The summed E-state index contributed by atoms with van der Waals surface area (Å²) in [6.45, 7) is 8.56. The van der Waals surface area contributed by atoms with Crippen molar-refractivity contribution >= 4 is 5.69 Å². The molecule has 0 bridgehead atoms. The maximum Gasteiger partial charge on any atom is 0.0372 e. The van der Waals surface area contributed by atoms with Crippen molar-refractivity contribution in [3.8, 4) is 0 Å². The number of hydrogen-bond acceptors (Lipinski definition) is 3. The summed E-state index contributed by atoms with van der Waals surface area (Å²) >= 11 is 0. The fraction of sp³-hybridized carbons (Fsp3) is 0.700. The number of rotatable bonds is 8. The number of aryl methyl sites for hydroxylation is 1. The van der Waals surface area contributed by atoms with Crippen LogP contribution in [0.15, 0.2) is 18.2 Å². The lowest BCUT2D eigenvalue weighted by molar-refractivity contribution is 0.328. The van der Waals surface area contributed by atoms with E-state index in [9.17, 15) is 0 Å². The highest BCUT2D eigenvalue weighted by molar-refractivity contribution is 5.54. The molecule has 0 aliphatic carbocycles. The zero-order valence-corrected chi connectivity index (χ0v) is 14.7. The van der Waals surface area contributed by atoms with E-state index in [0.29, 0.717) is 6.04 Å². The summed E-state index contributed by atoms with van der Waals surface area (Å²) in [4.78, 5) is 2.62. The molecule has 3 nitrogen and oxygen atoms in total. The van der Waals surface area contributed by atoms with Gasteiger partial charge in [-0.2, -0.15) is 0 Å². The Hall–Kier alpha value is -1.06. The van der Waals surface area contributed by atoms with Crippen LogP contribution in [0.3, 0.4) is 0 Å². The summed E-state index contributed by atoms with van der Waals surface area (Å²) in [5.41, 5.74) is 4.33. The van der Waals surface area contributed by atoms with Crippen molar-refractivity contribution in [1.29, 1.82) is 0 Å². The molecule has 2 N–H and O–H groups in total. The molecule has 3 rings (SSSR count). The van der Waals surface area contributed by atoms with Crippen LogP contribution in [-0.4, -0.2) is 43.7 Å². The van der Waals surface area contributed by atoms with Crippen LogP contribution < -0.4 is 10.6 Å². The van der Waals surface area contributed by atoms with Gasteiger partial charge in [-0.05, 0) is 95.2 Å². The third-order valence-electron chi connectivity index (χ3n) is 5.24. The van der Waals surface area contributed by atoms with Gasteiger partial charge in [-0.15, -0.1) is 0 Å². The van der Waals surface area contributed by atoms with E-state index in [0.717, 1.165) is 19.5 Å². The second kappa shape index (κ2) is 8.70. The number of hydrogen-bond donors (Lipinski definition) is 2.